The van der Waals surface area contributed by atoms with Crippen LogP contribution >= 0.6 is 46.4 Å². The number of phenolic OH excluding ortho intramolecular Hbond substituents is 2. The van der Waals surface area contributed by atoms with Crippen molar-refractivity contribution in [2.45, 2.75) is 0 Å². The third-order valence-corrected chi connectivity index (χ3v) is 4.23. The van der Waals surface area contributed by atoms with Crippen molar-refractivity contribution in [3.63, 3.8) is 0 Å². The summed E-state index contributed by atoms with van der Waals surface area (Å²) in [6, 6.07) is 8.89. The van der Waals surface area contributed by atoms with Gasteiger partial charge in [0.25, 0.3) is 0 Å². The molecule has 0 aliphatic rings. The number of phenols is 2. The minimum absolute atomic E-state index is 0.00303. The molecule has 28 heavy (non-hydrogen) atoms. The summed E-state index contributed by atoms with van der Waals surface area (Å²) in [4.78, 5) is 7.72. The summed E-state index contributed by atoms with van der Waals surface area (Å²) in [5.41, 5.74) is -0.403. The standard InChI is InChI=1S/C18H8Cl4N4O2/c19-11-1-9(17(27)13(21)3-11)7-25-15(5-23)16(6-24)26-8-10-2-12(20)4-14(22)18(10)28/h1-4,7-8,27-28H/b16-15-,25-7?,26-8?. The van der Waals surface area contributed by atoms with E-state index < -0.39 is 0 Å². The Morgan fingerprint density at radius 3 is 1.43 bits per heavy atom. The van der Waals surface area contributed by atoms with E-state index in [4.69, 9.17) is 46.4 Å². The monoisotopic (exact) mass is 452 g/mol. The predicted octanol–water partition coefficient (Wildman–Crippen LogP) is 5.51. The number of aliphatic imine (C=N–C) groups is 2. The summed E-state index contributed by atoms with van der Waals surface area (Å²) in [5, 5.41) is 38.9. The van der Waals surface area contributed by atoms with E-state index in [1.807, 2.05) is 0 Å². The van der Waals surface area contributed by atoms with E-state index in [-0.39, 0.29) is 54.1 Å². The van der Waals surface area contributed by atoms with Gasteiger partial charge in [-0.05, 0) is 24.3 Å². The fourth-order valence-corrected chi connectivity index (χ4v) is 2.94. The van der Waals surface area contributed by atoms with Crippen molar-refractivity contribution >= 4 is 58.8 Å². The minimum Gasteiger partial charge on any atom is -0.506 e. The SMILES string of the molecule is N#C/C(N=Cc1cc(Cl)cc(Cl)c1O)=C(\C#N)N=Cc1cc(Cl)cc(Cl)c1O. The second-order valence-corrected chi connectivity index (χ2v) is 6.78. The van der Waals surface area contributed by atoms with Crippen LogP contribution in [0.5, 0.6) is 11.5 Å². The van der Waals surface area contributed by atoms with Crippen LogP contribution in [0.2, 0.25) is 20.1 Å². The maximum absolute atomic E-state index is 9.91. The summed E-state index contributed by atoms with van der Waals surface area (Å²) in [6.07, 6.45) is 2.23. The molecule has 0 heterocycles. The van der Waals surface area contributed by atoms with Gasteiger partial charge in [-0.25, -0.2) is 9.98 Å². The van der Waals surface area contributed by atoms with Crippen LogP contribution in [0.3, 0.4) is 0 Å². The Hall–Kier alpha value is -2.74. The average Bonchev–Trinajstić information content (AvgIpc) is 2.65. The Morgan fingerprint density at radius 1 is 0.750 bits per heavy atom. The lowest BCUT2D eigenvalue weighted by Crippen LogP contribution is -1.90. The van der Waals surface area contributed by atoms with Crippen molar-refractivity contribution in [3.05, 3.63) is 66.9 Å². The molecule has 140 valence electrons. The minimum atomic E-state index is -0.345. The highest BCUT2D eigenvalue weighted by molar-refractivity contribution is 6.36. The summed E-state index contributed by atoms with van der Waals surface area (Å²) < 4.78 is 0. The molecule has 0 atom stereocenters. The molecule has 2 N–H and O–H groups in total. The highest BCUT2D eigenvalue weighted by Crippen LogP contribution is 2.31. The summed E-state index contributed by atoms with van der Waals surface area (Å²) >= 11 is 23.4. The van der Waals surface area contributed by atoms with Crippen LogP contribution in [0.25, 0.3) is 0 Å². The van der Waals surface area contributed by atoms with E-state index in [1.54, 1.807) is 12.1 Å². The molecule has 0 unspecified atom stereocenters. The Kier molecular flexibility index (Phi) is 7.28. The van der Waals surface area contributed by atoms with Gasteiger partial charge < -0.3 is 10.2 Å². The van der Waals surface area contributed by atoms with Crippen molar-refractivity contribution in [2.24, 2.45) is 9.98 Å². The third kappa shape index (κ3) is 5.16. The Bertz CT molecular complexity index is 1020. The van der Waals surface area contributed by atoms with Crippen molar-refractivity contribution in [1.29, 1.82) is 10.5 Å². The molecule has 2 rings (SSSR count). The lowest BCUT2D eigenvalue weighted by molar-refractivity contribution is 0.474. The van der Waals surface area contributed by atoms with Crippen LogP contribution in [0, 0.1) is 22.7 Å². The van der Waals surface area contributed by atoms with E-state index in [1.165, 1.54) is 24.3 Å². The number of halogens is 4. The molecule has 2 aromatic carbocycles. The molecule has 6 nitrogen and oxygen atoms in total. The van der Waals surface area contributed by atoms with Gasteiger partial charge in [0.1, 0.15) is 23.6 Å². The highest BCUT2D eigenvalue weighted by Gasteiger charge is 2.09. The zero-order valence-corrected chi connectivity index (χ0v) is 16.7. The Balaban J connectivity index is 2.44. The van der Waals surface area contributed by atoms with Gasteiger partial charge in [0, 0.05) is 33.6 Å². The number of allylic oxidation sites excluding steroid dienone is 2. The topological polar surface area (TPSA) is 113 Å². The first kappa shape index (κ1) is 21.6. The van der Waals surface area contributed by atoms with Crippen LogP contribution in [0.15, 0.2) is 45.6 Å². The molecule has 0 radical (unpaired) electrons. The van der Waals surface area contributed by atoms with Crippen molar-refractivity contribution in [2.75, 3.05) is 0 Å². The van der Waals surface area contributed by atoms with Gasteiger partial charge in [-0.3, -0.25) is 0 Å². The molecule has 10 heteroatoms. The fraction of sp³-hybridized carbons (Fsp3) is 0. The van der Waals surface area contributed by atoms with Crippen LogP contribution in [0.4, 0.5) is 0 Å². The second kappa shape index (κ2) is 9.45. The fourth-order valence-electron chi connectivity index (χ4n) is 1.92. The molecule has 0 fully saturated rings. The van der Waals surface area contributed by atoms with Crippen molar-refractivity contribution < 1.29 is 10.2 Å². The summed E-state index contributed by atoms with van der Waals surface area (Å²) in [6.45, 7) is 0. The van der Waals surface area contributed by atoms with Crippen LogP contribution < -0.4 is 0 Å². The lowest BCUT2D eigenvalue weighted by atomic mass is 10.2. The molecule has 0 saturated carbocycles. The van der Waals surface area contributed by atoms with E-state index in [9.17, 15) is 20.7 Å². The van der Waals surface area contributed by atoms with Gasteiger partial charge in [-0.2, -0.15) is 10.5 Å². The van der Waals surface area contributed by atoms with Gasteiger partial charge in [-0.15, -0.1) is 0 Å². The predicted molar refractivity (Wildman–Crippen MR) is 110 cm³/mol. The molecule has 0 aliphatic heterocycles. The second-order valence-electron chi connectivity index (χ2n) is 5.09. The van der Waals surface area contributed by atoms with Crippen LogP contribution in [-0.4, -0.2) is 22.6 Å². The third-order valence-electron chi connectivity index (χ3n) is 3.22. The maximum atomic E-state index is 9.91. The normalized spacial score (nSPS) is 12.1. The first-order valence-electron chi connectivity index (χ1n) is 7.25. The lowest BCUT2D eigenvalue weighted by Gasteiger charge is -2.03. The number of benzene rings is 2. The van der Waals surface area contributed by atoms with E-state index in [0.717, 1.165) is 12.4 Å². The van der Waals surface area contributed by atoms with Crippen LogP contribution in [0.1, 0.15) is 11.1 Å². The Labute approximate surface area is 179 Å². The number of aromatic hydroxyl groups is 2. The average molecular weight is 454 g/mol. The zero-order valence-electron chi connectivity index (χ0n) is 13.7. The highest BCUT2D eigenvalue weighted by atomic mass is 35.5. The summed E-state index contributed by atoms with van der Waals surface area (Å²) in [7, 11) is 0. The molecule has 0 bridgehead atoms. The number of rotatable bonds is 4. The quantitative estimate of drug-likeness (QED) is 0.469. The van der Waals surface area contributed by atoms with Crippen molar-refractivity contribution in [1.82, 2.24) is 0 Å². The van der Waals surface area contributed by atoms with Gasteiger partial charge in [0.2, 0.25) is 0 Å². The number of nitrogens with zero attached hydrogens (tertiary/aromatic N) is 4. The van der Waals surface area contributed by atoms with Gasteiger partial charge >= 0.3 is 0 Å². The van der Waals surface area contributed by atoms with Gasteiger partial charge in [0.05, 0.1) is 10.0 Å². The van der Waals surface area contributed by atoms with E-state index in [0.29, 0.717) is 0 Å². The van der Waals surface area contributed by atoms with Crippen molar-refractivity contribution in [3.8, 4) is 23.6 Å². The summed E-state index contributed by atoms with van der Waals surface area (Å²) in [5.74, 6) is -0.569. The first-order chi connectivity index (χ1) is 13.3. The number of hydrogen-bond donors (Lipinski definition) is 2. The van der Waals surface area contributed by atoms with Gasteiger partial charge in [-0.1, -0.05) is 46.4 Å². The van der Waals surface area contributed by atoms with E-state index in [2.05, 4.69) is 9.98 Å². The number of nitriles is 2. The molecule has 0 aliphatic carbocycles. The molecule has 0 saturated heterocycles. The number of hydrogen-bond acceptors (Lipinski definition) is 6. The maximum Gasteiger partial charge on any atom is 0.176 e. The van der Waals surface area contributed by atoms with E-state index >= 15 is 0 Å². The first-order valence-corrected chi connectivity index (χ1v) is 8.76. The van der Waals surface area contributed by atoms with Gasteiger partial charge in [0.15, 0.2) is 11.4 Å². The molecular weight excluding hydrogens is 446 g/mol. The zero-order chi connectivity index (χ0) is 20.8. The largest absolute Gasteiger partial charge is 0.506 e. The molecule has 2 aromatic rings. The molecule has 0 amide bonds. The Morgan fingerprint density at radius 2 is 1.11 bits per heavy atom. The smallest absolute Gasteiger partial charge is 0.176 e. The molecule has 0 aromatic heterocycles. The molecular formula is C18H8Cl4N4O2. The van der Waals surface area contributed by atoms with Crippen LogP contribution in [-0.2, 0) is 0 Å². The molecule has 0 spiro atoms.